The Morgan fingerprint density at radius 1 is 1.32 bits per heavy atom. The van der Waals surface area contributed by atoms with E-state index in [0.717, 1.165) is 25.1 Å². The Labute approximate surface area is 115 Å². The van der Waals surface area contributed by atoms with Gasteiger partial charge in [0.15, 0.2) is 0 Å². The monoisotopic (exact) mass is 282 g/mol. The minimum absolute atomic E-state index is 0.0227. The van der Waals surface area contributed by atoms with E-state index in [1.807, 2.05) is 30.3 Å². The number of sulfonamides is 1. The van der Waals surface area contributed by atoms with Crippen molar-refractivity contribution in [1.29, 1.82) is 0 Å². The molecule has 2 rings (SSSR count). The third-order valence-corrected chi connectivity index (χ3v) is 5.06. The molecule has 1 aromatic rings. The number of aryl methyl sites for hydroxylation is 1. The highest BCUT2D eigenvalue weighted by Gasteiger charge is 2.25. The van der Waals surface area contributed by atoms with Crippen LogP contribution in [0.1, 0.15) is 18.9 Å². The van der Waals surface area contributed by atoms with Crippen molar-refractivity contribution in [2.24, 2.45) is 5.92 Å². The predicted molar refractivity (Wildman–Crippen MR) is 77.5 cm³/mol. The second-order valence-corrected chi connectivity index (χ2v) is 7.12. The largest absolute Gasteiger partial charge is 0.315 e. The molecule has 2 unspecified atom stereocenters. The summed E-state index contributed by atoms with van der Waals surface area (Å²) in [7, 11) is -3.20. The number of rotatable bonds is 5. The van der Waals surface area contributed by atoms with Gasteiger partial charge in [-0.2, -0.15) is 0 Å². The van der Waals surface area contributed by atoms with E-state index in [0.29, 0.717) is 12.3 Å². The average Bonchev–Trinajstić information content (AvgIpc) is 2.40. The maximum absolute atomic E-state index is 12.1. The first-order valence-corrected chi connectivity index (χ1v) is 8.47. The van der Waals surface area contributed by atoms with Crippen molar-refractivity contribution in [2.45, 2.75) is 25.8 Å². The predicted octanol–water partition coefficient (Wildman–Crippen LogP) is 1.15. The fourth-order valence-electron chi connectivity index (χ4n) is 2.33. The van der Waals surface area contributed by atoms with E-state index in [9.17, 15) is 8.42 Å². The molecule has 1 aromatic carbocycles. The quantitative estimate of drug-likeness (QED) is 0.851. The molecular formula is C14H22N2O2S. The molecule has 0 aromatic heterocycles. The van der Waals surface area contributed by atoms with Crippen LogP contribution in [0.15, 0.2) is 30.3 Å². The Balaban J connectivity index is 1.88. The molecule has 1 fully saturated rings. The third kappa shape index (κ3) is 4.60. The molecule has 106 valence electrons. The zero-order chi connectivity index (χ0) is 13.7. The van der Waals surface area contributed by atoms with Gasteiger partial charge in [0.1, 0.15) is 0 Å². The summed E-state index contributed by atoms with van der Waals surface area (Å²) in [6, 6.07) is 9.74. The number of benzene rings is 1. The van der Waals surface area contributed by atoms with E-state index in [1.165, 1.54) is 0 Å². The lowest BCUT2D eigenvalue weighted by Gasteiger charge is -2.29. The van der Waals surface area contributed by atoms with Crippen molar-refractivity contribution in [1.82, 2.24) is 10.0 Å². The Bertz CT molecular complexity index is 487. The maximum atomic E-state index is 12.1. The number of nitrogens with one attached hydrogen (secondary N) is 2. The van der Waals surface area contributed by atoms with E-state index in [1.54, 1.807) is 0 Å². The van der Waals surface area contributed by atoms with Gasteiger partial charge in [-0.15, -0.1) is 0 Å². The summed E-state index contributed by atoms with van der Waals surface area (Å²) in [5.41, 5.74) is 1.06. The normalized spacial score (nSPS) is 24.3. The van der Waals surface area contributed by atoms with Crippen molar-refractivity contribution in [3.05, 3.63) is 35.9 Å². The summed E-state index contributed by atoms with van der Waals surface area (Å²) in [4.78, 5) is 0. The molecule has 0 aliphatic carbocycles. The van der Waals surface area contributed by atoms with E-state index < -0.39 is 10.0 Å². The van der Waals surface area contributed by atoms with Gasteiger partial charge < -0.3 is 5.32 Å². The first kappa shape index (κ1) is 14.5. The summed E-state index contributed by atoms with van der Waals surface area (Å²) in [5, 5.41) is 3.23. The van der Waals surface area contributed by atoms with Gasteiger partial charge in [-0.1, -0.05) is 37.3 Å². The van der Waals surface area contributed by atoms with Crippen molar-refractivity contribution in [3.8, 4) is 0 Å². The van der Waals surface area contributed by atoms with Crippen molar-refractivity contribution in [2.75, 3.05) is 18.8 Å². The molecule has 0 radical (unpaired) electrons. The van der Waals surface area contributed by atoms with Crippen molar-refractivity contribution in [3.63, 3.8) is 0 Å². The molecule has 0 spiro atoms. The molecular weight excluding hydrogens is 260 g/mol. The van der Waals surface area contributed by atoms with Gasteiger partial charge in [0.2, 0.25) is 10.0 Å². The van der Waals surface area contributed by atoms with E-state index in [2.05, 4.69) is 17.0 Å². The minimum atomic E-state index is -3.20. The summed E-state index contributed by atoms with van der Waals surface area (Å²) in [6.45, 7) is 3.81. The van der Waals surface area contributed by atoms with Crippen molar-refractivity contribution >= 4 is 10.0 Å². The van der Waals surface area contributed by atoms with Crippen LogP contribution in [0, 0.1) is 5.92 Å². The van der Waals surface area contributed by atoms with Gasteiger partial charge in [0, 0.05) is 12.6 Å². The third-order valence-electron chi connectivity index (χ3n) is 3.66. The highest BCUT2D eigenvalue weighted by atomic mass is 32.2. The molecule has 4 nitrogen and oxygen atoms in total. The zero-order valence-corrected chi connectivity index (χ0v) is 12.1. The molecule has 0 saturated carbocycles. The average molecular weight is 282 g/mol. The summed E-state index contributed by atoms with van der Waals surface area (Å²) >= 11 is 0. The molecule has 1 heterocycles. The van der Waals surface area contributed by atoms with Gasteiger partial charge in [-0.3, -0.25) is 0 Å². The molecule has 19 heavy (non-hydrogen) atoms. The summed E-state index contributed by atoms with van der Waals surface area (Å²) < 4.78 is 27.0. The fraction of sp³-hybridized carbons (Fsp3) is 0.571. The molecule has 2 N–H and O–H groups in total. The van der Waals surface area contributed by atoms with Crippen LogP contribution < -0.4 is 10.0 Å². The van der Waals surface area contributed by atoms with Crippen LogP contribution in [0.2, 0.25) is 0 Å². The fourth-order valence-corrected chi connectivity index (χ4v) is 3.73. The van der Waals surface area contributed by atoms with Crippen LogP contribution in [-0.2, 0) is 16.4 Å². The van der Waals surface area contributed by atoms with E-state index in [4.69, 9.17) is 0 Å². The van der Waals surface area contributed by atoms with Crippen LogP contribution in [-0.4, -0.2) is 33.3 Å². The van der Waals surface area contributed by atoms with Crippen LogP contribution in [0.5, 0.6) is 0 Å². The maximum Gasteiger partial charge on any atom is 0.212 e. The first-order valence-electron chi connectivity index (χ1n) is 6.81. The van der Waals surface area contributed by atoms with Crippen LogP contribution in [0.3, 0.4) is 0 Å². The number of hydrogen-bond acceptors (Lipinski definition) is 3. The van der Waals surface area contributed by atoms with Gasteiger partial charge in [0.05, 0.1) is 5.75 Å². The molecule has 0 amide bonds. The van der Waals surface area contributed by atoms with Gasteiger partial charge in [-0.25, -0.2) is 13.1 Å². The highest BCUT2D eigenvalue weighted by molar-refractivity contribution is 7.89. The summed E-state index contributed by atoms with van der Waals surface area (Å²) in [5.74, 6) is 0.549. The number of piperidine rings is 1. The second kappa shape index (κ2) is 6.50. The Morgan fingerprint density at radius 3 is 2.74 bits per heavy atom. The van der Waals surface area contributed by atoms with Gasteiger partial charge in [0.25, 0.3) is 0 Å². The second-order valence-electron chi connectivity index (χ2n) is 5.25. The lowest BCUT2D eigenvalue weighted by atomic mass is 9.96. The smallest absolute Gasteiger partial charge is 0.212 e. The van der Waals surface area contributed by atoms with E-state index >= 15 is 0 Å². The number of hydrogen-bond donors (Lipinski definition) is 2. The van der Waals surface area contributed by atoms with Crippen LogP contribution in [0.25, 0.3) is 0 Å². The highest BCUT2D eigenvalue weighted by Crippen LogP contribution is 2.12. The van der Waals surface area contributed by atoms with Gasteiger partial charge >= 0.3 is 0 Å². The first-order chi connectivity index (χ1) is 9.07. The SMILES string of the molecule is CC1CCNCC1NS(=O)(=O)CCc1ccccc1. The lowest BCUT2D eigenvalue weighted by molar-refractivity contribution is 0.327. The van der Waals surface area contributed by atoms with Crippen molar-refractivity contribution < 1.29 is 8.42 Å². The molecule has 2 atom stereocenters. The molecule has 0 bridgehead atoms. The summed E-state index contributed by atoms with van der Waals surface area (Å²) in [6.07, 6.45) is 1.58. The molecule has 1 saturated heterocycles. The molecule has 1 aliphatic rings. The molecule has 1 aliphatic heterocycles. The lowest BCUT2D eigenvalue weighted by Crippen LogP contribution is -2.50. The zero-order valence-electron chi connectivity index (χ0n) is 11.3. The topological polar surface area (TPSA) is 58.2 Å². The Morgan fingerprint density at radius 2 is 2.05 bits per heavy atom. The minimum Gasteiger partial charge on any atom is -0.315 e. The van der Waals surface area contributed by atoms with Crippen LogP contribution in [0.4, 0.5) is 0 Å². The molecule has 5 heteroatoms. The standard InChI is InChI=1S/C14H22N2O2S/c1-12-7-9-15-11-14(12)16-19(17,18)10-8-13-5-3-2-4-6-13/h2-6,12,14-16H,7-11H2,1H3. The van der Waals surface area contributed by atoms with E-state index in [-0.39, 0.29) is 11.8 Å². The van der Waals surface area contributed by atoms with Crippen LogP contribution >= 0.6 is 0 Å². The Hall–Kier alpha value is -0.910. The van der Waals surface area contributed by atoms with Gasteiger partial charge in [-0.05, 0) is 30.9 Å². The Kier molecular flexibility index (Phi) is 4.96.